The third kappa shape index (κ3) is 3.32. The molecule has 3 rings (SSSR count). The molecule has 3 heteroatoms. The molecule has 3 aliphatic rings. The number of hydrogen-bond acceptors (Lipinski definition) is 3. The maximum atomic E-state index is 6.04. The first-order valence-corrected chi connectivity index (χ1v) is 8.26. The van der Waals surface area contributed by atoms with Gasteiger partial charge in [-0.1, -0.05) is 13.8 Å². The lowest BCUT2D eigenvalue weighted by atomic mass is 9.96. The van der Waals surface area contributed by atoms with Crippen molar-refractivity contribution in [3.05, 3.63) is 0 Å². The molecular weight excluding hydrogens is 236 g/mol. The topological polar surface area (TPSA) is 24.5 Å². The summed E-state index contributed by atoms with van der Waals surface area (Å²) in [7, 11) is 0. The van der Waals surface area contributed by atoms with E-state index in [1.807, 2.05) is 0 Å². The third-order valence-electron chi connectivity index (χ3n) is 5.21. The number of rotatable bonds is 4. The van der Waals surface area contributed by atoms with E-state index in [1.54, 1.807) is 0 Å². The summed E-state index contributed by atoms with van der Waals surface area (Å²) in [6.07, 6.45) is 6.34. The van der Waals surface area contributed by atoms with Gasteiger partial charge in [0.05, 0.1) is 12.2 Å². The van der Waals surface area contributed by atoms with Gasteiger partial charge in [0.1, 0.15) is 0 Å². The van der Waals surface area contributed by atoms with E-state index in [9.17, 15) is 0 Å². The van der Waals surface area contributed by atoms with Gasteiger partial charge in [-0.15, -0.1) is 0 Å². The molecule has 3 nitrogen and oxygen atoms in total. The van der Waals surface area contributed by atoms with Crippen LogP contribution in [-0.4, -0.2) is 48.8 Å². The molecule has 1 aliphatic carbocycles. The zero-order valence-electron chi connectivity index (χ0n) is 12.8. The van der Waals surface area contributed by atoms with Crippen LogP contribution in [0.5, 0.6) is 0 Å². The molecule has 19 heavy (non-hydrogen) atoms. The van der Waals surface area contributed by atoms with Crippen LogP contribution in [0, 0.1) is 11.8 Å². The average molecular weight is 266 g/mol. The molecule has 3 fully saturated rings. The molecule has 0 spiro atoms. The van der Waals surface area contributed by atoms with Gasteiger partial charge in [0.15, 0.2) is 0 Å². The molecule has 0 aromatic carbocycles. The van der Waals surface area contributed by atoms with E-state index >= 15 is 0 Å². The molecule has 0 amide bonds. The number of hydrogen-bond donors (Lipinski definition) is 1. The highest BCUT2D eigenvalue weighted by atomic mass is 16.5. The van der Waals surface area contributed by atoms with Crippen LogP contribution in [-0.2, 0) is 4.74 Å². The van der Waals surface area contributed by atoms with E-state index in [2.05, 4.69) is 31.0 Å². The van der Waals surface area contributed by atoms with Crippen molar-refractivity contribution < 1.29 is 4.74 Å². The molecule has 2 aliphatic heterocycles. The zero-order valence-corrected chi connectivity index (χ0v) is 12.8. The van der Waals surface area contributed by atoms with Crippen LogP contribution in [0.15, 0.2) is 0 Å². The highest BCUT2D eigenvalue weighted by Crippen LogP contribution is 2.35. The van der Waals surface area contributed by atoms with Crippen LogP contribution in [0.2, 0.25) is 0 Å². The van der Waals surface area contributed by atoms with E-state index in [4.69, 9.17) is 4.74 Å². The molecule has 1 N–H and O–H groups in total. The van der Waals surface area contributed by atoms with Gasteiger partial charge in [-0.05, 0) is 44.4 Å². The van der Waals surface area contributed by atoms with Gasteiger partial charge in [-0.3, -0.25) is 4.90 Å². The number of nitrogens with zero attached hydrogens (tertiary/aromatic N) is 1. The number of ether oxygens (including phenoxy) is 1. The Morgan fingerprint density at radius 2 is 2.00 bits per heavy atom. The Morgan fingerprint density at radius 1 is 1.21 bits per heavy atom. The van der Waals surface area contributed by atoms with E-state index in [0.717, 1.165) is 24.4 Å². The van der Waals surface area contributed by atoms with Crippen LogP contribution < -0.4 is 5.32 Å². The highest BCUT2D eigenvalue weighted by Gasteiger charge is 2.39. The molecule has 2 heterocycles. The van der Waals surface area contributed by atoms with Crippen LogP contribution in [0.25, 0.3) is 0 Å². The number of nitrogens with one attached hydrogen (secondary N) is 1. The SMILES string of the molecule is CC1CCC(CN2CC(C3CC3)NCC2C(C)C)O1. The average Bonchev–Trinajstić information content (AvgIpc) is 3.14. The smallest absolute Gasteiger partial charge is 0.0706 e. The molecule has 4 unspecified atom stereocenters. The van der Waals surface area contributed by atoms with Crippen LogP contribution >= 0.6 is 0 Å². The first kappa shape index (κ1) is 13.8. The van der Waals surface area contributed by atoms with Gasteiger partial charge in [-0.25, -0.2) is 0 Å². The van der Waals surface area contributed by atoms with Gasteiger partial charge in [-0.2, -0.15) is 0 Å². The van der Waals surface area contributed by atoms with Crippen molar-refractivity contribution in [3.8, 4) is 0 Å². The minimum atomic E-state index is 0.477. The monoisotopic (exact) mass is 266 g/mol. The quantitative estimate of drug-likeness (QED) is 0.845. The number of piperazine rings is 1. The molecule has 0 radical (unpaired) electrons. The van der Waals surface area contributed by atoms with Crippen molar-refractivity contribution in [1.82, 2.24) is 10.2 Å². The fourth-order valence-electron chi connectivity index (χ4n) is 3.82. The molecule has 0 aromatic heterocycles. The minimum Gasteiger partial charge on any atom is -0.374 e. The highest BCUT2D eigenvalue weighted by molar-refractivity contribution is 4.96. The van der Waals surface area contributed by atoms with Gasteiger partial charge >= 0.3 is 0 Å². The van der Waals surface area contributed by atoms with Crippen molar-refractivity contribution in [3.63, 3.8) is 0 Å². The van der Waals surface area contributed by atoms with Crippen LogP contribution in [0.4, 0.5) is 0 Å². The summed E-state index contributed by atoms with van der Waals surface area (Å²) >= 11 is 0. The zero-order chi connectivity index (χ0) is 13.4. The molecule has 110 valence electrons. The lowest BCUT2D eigenvalue weighted by molar-refractivity contribution is 0.00132. The molecule has 4 atom stereocenters. The van der Waals surface area contributed by atoms with Gasteiger partial charge in [0.25, 0.3) is 0 Å². The minimum absolute atomic E-state index is 0.477. The maximum Gasteiger partial charge on any atom is 0.0706 e. The van der Waals surface area contributed by atoms with Crippen molar-refractivity contribution >= 4 is 0 Å². The Morgan fingerprint density at radius 3 is 2.58 bits per heavy atom. The molecule has 2 saturated heterocycles. The predicted molar refractivity (Wildman–Crippen MR) is 78.3 cm³/mol. The largest absolute Gasteiger partial charge is 0.374 e. The molecule has 0 aromatic rings. The lowest BCUT2D eigenvalue weighted by Crippen LogP contribution is -2.60. The third-order valence-corrected chi connectivity index (χ3v) is 5.21. The summed E-state index contributed by atoms with van der Waals surface area (Å²) < 4.78 is 6.04. The summed E-state index contributed by atoms with van der Waals surface area (Å²) in [4.78, 5) is 2.73. The summed E-state index contributed by atoms with van der Waals surface area (Å²) in [5, 5.41) is 3.79. The normalized spacial score (nSPS) is 41.1. The van der Waals surface area contributed by atoms with Gasteiger partial charge in [0.2, 0.25) is 0 Å². The van der Waals surface area contributed by atoms with E-state index < -0.39 is 0 Å². The van der Waals surface area contributed by atoms with E-state index in [1.165, 1.54) is 38.8 Å². The Kier molecular flexibility index (Phi) is 4.16. The maximum absolute atomic E-state index is 6.04. The second-order valence-electron chi connectivity index (χ2n) is 7.26. The predicted octanol–water partition coefficient (Wildman–Crippen LogP) is 2.26. The van der Waals surface area contributed by atoms with E-state index in [-0.39, 0.29) is 0 Å². The molecule has 1 saturated carbocycles. The standard InChI is InChI=1S/C16H30N2O/c1-11(2)16-8-17-15(13-5-6-13)10-18(16)9-14-7-4-12(3)19-14/h11-17H,4-10H2,1-3H3. The van der Waals surface area contributed by atoms with Crippen LogP contribution in [0.3, 0.4) is 0 Å². The first-order valence-electron chi connectivity index (χ1n) is 8.26. The Hall–Kier alpha value is -0.120. The second-order valence-corrected chi connectivity index (χ2v) is 7.26. The Labute approximate surface area is 118 Å². The first-order chi connectivity index (χ1) is 9.13. The van der Waals surface area contributed by atoms with Crippen molar-refractivity contribution in [2.24, 2.45) is 11.8 Å². The van der Waals surface area contributed by atoms with Crippen molar-refractivity contribution in [1.29, 1.82) is 0 Å². The van der Waals surface area contributed by atoms with Crippen LogP contribution in [0.1, 0.15) is 46.5 Å². The Balaban J connectivity index is 1.59. The van der Waals surface area contributed by atoms with Crippen molar-refractivity contribution in [2.75, 3.05) is 19.6 Å². The molecule has 0 bridgehead atoms. The summed E-state index contributed by atoms with van der Waals surface area (Å²) in [5.41, 5.74) is 0. The lowest BCUT2D eigenvalue weighted by Gasteiger charge is -2.43. The summed E-state index contributed by atoms with van der Waals surface area (Å²) in [5.74, 6) is 1.69. The van der Waals surface area contributed by atoms with Gasteiger partial charge < -0.3 is 10.1 Å². The fourth-order valence-corrected chi connectivity index (χ4v) is 3.82. The second kappa shape index (κ2) is 5.71. The summed E-state index contributed by atoms with van der Waals surface area (Å²) in [6.45, 7) is 10.5. The fraction of sp³-hybridized carbons (Fsp3) is 1.00. The van der Waals surface area contributed by atoms with Crippen molar-refractivity contribution in [2.45, 2.75) is 70.7 Å². The van der Waals surface area contributed by atoms with E-state index in [0.29, 0.717) is 18.2 Å². The Bertz CT molecular complexity index is 303. The van der Waals surface area contributed by atoms with Gasteiger partial charge in [0, 0.05) is 31.7 Å². The summed E-state index contributed by atoms with van der Waals surface area (Å²) in [6, 6.07) is 1.43. The molecular formula is C16H30N2O.